The lowest BCUT2D eigenvalue weighted by Crippen LogP contribution is -2.29. The highest BCUT2D eigenvalue weighted by Crippen LogP contribution is 2.24. The van der Waals surface area contributed by atoms with E-state index in [0.29, 0.717) is 0 Å². The van der Waals surface area contributed by atoms with Gasteiger partial charge in [0, 0.05) is 5.39 Å². The summed E-state index contributed by atoms with van der Waals surface area (Å²) in [7, 11) is 0. The van der Waals surface area contributed by atoms with E-state index in [9.17, 15) is 0 Å². The van der Waals surface area contributed by atoms with E-state index in [2.05, 4.69) is 38.0 Å². The second kappa shape index (κ2) is 5.95. The minimum absolute atomic E-state index is 0.0238. The molecule has 0 saturated heterocycles. The summed E-state index contributed by atoms with van der Waals surface area (Å²) >= 11 is 0. The first-order chi connectivity index (χ1) is 9.15. The first-order valence-electron chi connectivity index (χ1n) is 6.64. The van der Waals surface area contributed by atoms with Crippen LogP contribution in [0.1, 0.15) is 37.1 Å². The van der Waals surface area contributed by atoms with Crippen molar-refractivity contribution >= 4 is 10.9 Å². The Bertz CT molecular complexity index is 590. The second-order valence-corrected chi connectivity index (χ2v) is 4.91. The van der Waals surface area contributed by atoms with E-state index < -0.39 is 0 Å². The molecule has 1 heterocycles. The maximum Gasteiger partial charge on any atom is 0.0708 e. The lowest BCUT2D eigenvalue weighted by Gasteiger charge is -2.17. The van der Waals surface area contributed by atoms with Crippen molar-refractivity contribution in [1.29, 1.82) is 0 Å². The predicted molar refractivity (Wildman–Crippen MR) is 80.6 cm³/mol. The molecule has 0 amide bonds. The average Bonchev–Trinajstić information content (AvgIpc) is 2.44. The third kappa shape index (κ3) is 3.00. The highest BCUT2D eigenvalue weighted by atomic mass is 15.2. The molecule has 1 aromatic heterocycles. The van der Waals surface area contributed by atoms with Gasteiger partial charge in [-0.25, -0.2) is 0 Å². The van der Waals surface area contributed by atoms with Gasteiger partial charge in [0.2, 0.25) is 0 Å². The van der Waals surface area contributed by atoms with E-state index in [0.717, 1.165) is 24.1 Å². The Kier molecular flexibility index (Phi) is 4.30. The summed E-state index contributed by atoms with van der Waals surface area (Å²) in [6, 6.07) is 10.3. The van der Waals surface area contributed by atoms with E-state index in [4.69, 9.17) is 10.8 Å². The number of para-hydroxylation sites is 1. The zero-order chi connectivity index (χ0) is 13.8. The number of aryl methyl sites for hydroxylation is 1. The zero-order valence-corrected chi connectivity index (χ0v) is 11.6. The van der Waals surface area contributed by atoms with Gasteiger partial charge < -0.3 is 0 Å². The van der Waals surface area contributed by atoms with Crippen LogP contribution in [-0.2, 0) is 0 Å². The number of hydrogen-bond acceptors (Lipinski definition) is 3. The van der Waals surface area contributed by atoms with Crippen LogP contribution < -0.4 is 11.3 Å². The number of nitrogens with two attached hydrogens (primary N) is 1. The maximum atomic E-state index is 5.67. The van der Waals surface area contributed by atoms with Crippen LogP contribution >= 0.6 is 0 Å². The van der Waals surface area contributed by atoms with E-state index in [1.807, 2.05) is 18.2 Å². The van der Waals surface area contributed by atoms with Gasteiger partial charge in [-0.3, -0.25) is 16.3 Å². The number of pyridine rings is 1. The van der Waals surface area contributed by atoms with Crippen molar-refractivity contribution in [2.45, 2.75) is 32.7 Å². The third-order valence-corrected chi connectivity index (χ3v) is 3.49. The van der Waals surface area contributed by atoms with Crippen molar-refractivity contribution in [3.8, 4) is 0 Å². The molecule has 19 heavy (non-hydrogen) atoms. The van der Waals surface area contributed by atoms with E-state index in [1.165, 1.54) is 16.5 Å². The standard InChI is InChI=1S/C16H21N3/c1-4-11(2)9-16(19-17)15-10-12(3)13-7-5-6-8-14(13)18-15/h5-8,10,16,19H,2,4,9,17H2,1,3H3. The van der Waals surface area contributed by atoms with Crippen LogP contribution in [0.2, 0.25) is 0 Å². The molecule has 1 aromatic carbocycles. The van der Waals surface area contributed by atoms with Gasteiger partial charge in [0.15, 0.2) is 0 Å². The first-order valence-corrected chi connectivity index (χ1v) is 6.64. The summed E-state index contributed by atoms with van der Waals surface area (Å²) in [6.45, 7) is 8.26. The second-order valence-electron chi connectivity index (χ2n) is 4.91. The summed E-state index contributed by atoms with van der Waals surface area (Å²) < 4.78 is 0. The highest BCUT2D eigenvalue weighted by Gasteiger charge is 2.13. The topological polar surface area (TPSA) is 50.9 Å². The molecule has 2 aromatic rings. The van der Waals surface area contributed by atoms with E-state index in [1.54, 1.807) is 0 Å². The molecule has 0 fully saturated rings. The molecule has 0 radical (unpaired) electrons. The molecule has 3 N–H and O–H groups in total. The Morgan fingerprint density at radius 3 is 2.84 bits per heavy atom. The Hall–Kier alpha value is -1.71. The number of fused-ring (bicyclic) bond motifs is 1. The Morgan fingerprint density at radius 1 is 1.42 bits per heavy atom. The van der Waals surface area contributed by atoms with Crippen LogP contribution in [0, 0.1) is 6.92 Å². The van der Waals surface area contributed by atoms with Crippen LogP contribution in [-0.4, -0.2) is 4.98 Å². The summed E-state index contributed by atoms with van der Waals surface area (Å²) in [6.07, 6.45) is 1.78. The number of nitrogens with one attached hydrogen (secondary N) is 1. The monoisotopic (exact) mass is 255 g/mol. The van der Waals surface area contributed by atoms with Crippen molar-refractivity contribution < 1.29 is 0 Å². The smallest absolute Gasteiger partial charge is 0.0708 e. The summed E-state index contributed by atoms with van der Waals surface area (Å²) in [5, 5.41) is 1.19. The lowest BCUT2D eigenvalue weighted by atomic mass is 10.0. The van der Waals surface area contributed by atoms with Crippen LogP contribution in [0.3, 0.4) is 0 Å². The fraction of sp³-hybridized carbons (Fsp3) is 0.312. The molecule has 0 spiro atoms. The number of benzene rings is 1. The predicted octanol–water partition coefficient (Wildman–Crippen LogP) is 3.40. The Labute approximate surface area is 114 Å². The Morgan fingerprint density at radius 2 is 2.16 bits per heavy atom. The number of aromatic nitrogens is 1. The quantitative estimate of drug-likeness (QED) is 0.489. The number of hydrazine groups is 1. The zero-order valence-electron chi connectivity index (χ0n) is 11.6. The molecule has 2 rings (SSSR count). The van der Waals surface area contributed by atoms with E-state index in [-0.39, 0.29) is 6.04 Å². The molecule has 100 valence electrons. The summed E-state index contributed by atoms with van der Waals surface area (Å²) in [4.78, 5) is 4.71. The molecular weight excluding hydrogens is 234 g/mol. The first kappa shape index (κ1) is 13.7. The minimum Gasteiger partial charge on any atom is -0.271 e. The fourth-order valence-electron chi connectivity index (χ4n) is 2.24. The van der Waals surface area contributed by atoms with Gasteiger partial charge in [-0.1, -0.05) is 37.3 Å². The molecule has 1 unspecified atom stereocenters. The fourth-order valence-corrected chi connectivity index (χ4v) is 2.24. The molecule has 0 bridgehead atoms. The van der Waals surface area contributed by atoms with Crippen LogP contribution in [0.5, 0.6) is 0 Å². The number of nitrogens with zero attached hydrogens (tertiary/aromatic N) is 1. The molecule has 0 saturated carbocycles. The molecule has 3 heteroatoms. The third-order valence-electron chi connectivity index (χ3n) is 3.49. The number of hydrogen-bond donors (Lipinski definition) is 2. The van der Waals surface area contributed by atoms with Gasteiger partial charge in [0.25, 0.3) is 0 Å². The molecule has 0 aliphatic carbocycles. The van der Waals surface area contributed by atoms with E-state index >= 15 is 0 Å². The highest BCUT2D eigenvalue weighted by molar-refractivity contribution is 5.82. The van der Waals surface area contributed by atoms with Gasteiger partial charge in [-0.05, 0) is 37.5 Å². The average molecular weight is 255 g/mol. The van der Waals surface area contributed by atoms with Gasteiger partial charge in [-0.15, -0.1) is 0 Å². The number of rotatable bonds is 5. The summed E-state index contributed by atoms with van der Waals surface area (Å²) in [5.74, 6) is 5.67. The van der Waals surface area contributed by atoms with Crippen molar-refractivity contribution in [2.75, 3.05) is 0 Å². The molecular formula is C16H21N3. The molecule has 1 atom stereocenters. The summed E-state index contributed by atoms with van der Waals surface area (Å²) in [5.41, 5.74) is 7.25. The van der Waals surface area contributed by atoms with Crippen LogP contribution in [0.15, 0.2) is 42.5 Å². The normalized spacial score (nSPS) is 12.6. The van der Waals surface area contributed by atoms with Crippen molar-refractivity contribution in [1.82, 2.24) is 10.4 Å². The van der Waals surface area contributed by atoms with Crippen molar-refractivity contribution in [2.24, 2.45) is 5.84 Å². The maximum absolute atomic E-state index is 5.67. The Balaban J connectivity index is 2.40. The largest absolute Gasteiger partial charge is 0.271 e. The van der Waals surface area contributed by atoms with Gasteiger partial charge in [0.1, 0.15) is 0 Å². The van der Waals surface area contributed by atoms with Gasteiger partial charge in [-0.2, -0.15) is 0 Å². The van der Waals surface area contributed by atoms with Crippen LogP contribution in [0.25, 0.3) is 10.9 Å². The van der Waals surface area contributed by atoms with Gasteiger partial charge >= 0.3 is 0 Å². The van der Waals surface area contributed by atoms with Gasteiger partial charge in [0.05, 0.1) is 17.3 Å². The molecule has 0 aliphatic heterocycles. The minimum atomic E-state index is 0.0238. The SMILES string of the molecule is C=C(CC)CC(NN)c1cc(C)c2ccccc2n1. The van der Waals surface area contributed by atoms with Crippen molar-refractivity contribution in [3.63, 3.8) is 0 Å². The van der Waals surface area contributed by atoms with Crippen molar-refractivity contribution in [3.05, 3.63) is 53.7 Å². The van der Waals surface area contributed by atoms with Crippen LogP contribution in [0.4, 0.5) is 0 Å². The molecule has 0 aliphatic rings. The lowest BCUT2D eigenvalue weighted by molar-refractivity contribution is 0.533. The molecule has 3 nitrogen and oxygen atoms in total.